The molecule has 3 N–H and O–H groups in total. The van der Waals surface area contributed by atoms with E-state index in [4.69, 9.17) is 0 Å². The molecule has 0 saturated carbocycles. The average Bonchev–Trinajstić information content (AvgIpc) is 2.09. The summed E-state index contributed by atoms with van der Waals surface area (Å²) in [6.07, 6.45) is 0.341. The van der Waals surface area contributed by atoms with Gasteiger partial charge in [0.05, 0.1) is 6.10 Å². The molecule has 4 nitrogen and oxygen atoms in total. The Bertz CT molecular complexity index is 213. The van der Waals surface area contributed by atoms with Crippen molar-refractivity contribution in [1.82, 2.24) is 10.6 Å². The van der Waals surface area contributed by atoms with Crippen LogP contribution in [0.25, 0.3) is 0 Å². The average molecular weight is 230 g/mol. The quantitative estimate of drug-likeness (QED) is 0.651. The maximum Gasteiger partial charge on any atom is 0.314 e. The van der Waals surface area contributed by atoms with Crippen LogP contribution in [-0.4, -0.2) is 30.3 Å². The lowest BCUT2D eigenvalue weighted by molar-refractivity contribution is 0.129. The summed E-state index contributed by atoms with van der Waals surface area (Å²) in [5, 5.41) is 14.9. The van der Waals surface area contributed by atoms with Gasteiger partial charge in [-0.05, 0) is 24.7 Å². The highest BCUT2D eigenvalue weighted by molar-refractivity contribution is 5.73. The lowest BCUT2D eigenvalue weighted by Crippen LogP contribution is -2.42. The van der Waals surface area contributed by atoms with Gasteiger partial charge in [0, 0.05) is 13.1 Å². The fourth-order valence-corrected chi connectivity index (χ4v) is 1.55. The highest BCUT2D eigenvalue weighted by Gasteiger charge is 2.20. The SMILES string of the molecule is CC(C)CNC(=O)NCC(C)(C)CC(C)O. The molecule has 0 aromatic rings. The smallest absolute Gasteiger partial charge is 0.314 e. The molecule has 0 spiro atoms. The van der Waals surface area contributed by atoms with Crippen LogP contribution in [0, 0.1) is 11.3 Å². The Morgan fingerprint density at radius 3 is 2.25 bits per heavy atom. The van der Waals surface area contributed by atoms with Crippen molar-refractivity contribution in [3.8, 4) is 0 Å². The monoisotopic (exact) mass is 230 g/mol. The van der Waals surface area contributed by atoms with E-state index < -0.39 is 0 Å². The van der Waals surface area contributed by atoms with Crippen molar-refractivity contribution in [1.29, 1.82) is 0 Å². The molecule has 0 aliphatic carbocycles. The van der Waals surface area contributed by atoms with E-state index in [9.17, 15) is 9.90 Å². The molecule has 0 aliphatic rings. The largest absolute Gasteiger partial charge is 0.393 e. The topological polar surface area (TPSA) is 61.4 Å². The minimum absolute atomic E-state index is 0.0800. The number of aliphatic hydroxyl groups is 1. The van der Waals surface area contributed by atoms with Gasteiger partial charge in [-0.2, -0.15) is 0 Å². The molecule has 0 aliphatic heterocycles. The molecule has 0 rings (SSSR count). The van der Waals surface area contributed by atoms with Crippen LogP contribution in [0.3, 0.4) is 0 Å². The van der Waals surface area contributed by atoms with Crippen molar-refractivity contribution >= 4 is 6.03 Å². The number of hydrogen-bond donors (Lipinski definition) is 3. The number of urea groups is 1. The molecule has 16 heavy (non-hydrogen) atoms. The molecule has 96 valence electrons. The Hall–Kier alpha value is -0.770. The number of amides is 2. The number of hydrogen-bond acceptors (Lipinski definition) is 2. The summed E-state index contributed by atoms with van der Waals surface area (Å²) in [5.74, 6) is 0.455. The summed E-state index contributed by atoms with van der Waals surface area (Å²) in [6, 6.07) is -0.132. The predicted molar refractivity (Wildman–Crippen MR) is 66.3 cm³/mol. The van der Waals surface area contributed by atoms with Crippen LogP contribution in [0.2, 0.25) is 0 Å². The number of nitrogens with one attached hydrogen (secondary N) is 2. The summed E-state index contributed by atoms with van der Waals surface area (Å²) < 4.78 is 0. The highest BCUT2D eigenvalue weighted by Crippen LogP contribution is 2.20. The molecule has 1 atom stereocenters. The van der Waals surface area contributed by atoms with Gasteiger partial charge in [0.1, 0.15) is 0 Å². The zero-order valence-electron chi connectivity index (χ0n) is 11.1. The van der Waals surface area contributed by atoms with Crippen LogP contribution < -0.4 is 10.6 Å². The van der Waals surface area contributed by atoms with E-state index in [1.165, 1.54) is 0 Å². The molecule has 0 bridgehead atoms. The normalized spacial score (nSPS) is 13.7. The van der Waals surface area contributed by atoms with Gasteiger partial charge in [0.25, 0.3) is 0 Å². The van der Waals surface area contributed by atoms with Crippen molar-refractivity contribution in [2.75, 3.05) is 13.1 Å². The molecule has 0 fully saturated rings. The second-order valence-corrected chi connectivity index (χ2v) is 5.67. The maximum atomic E-state index is 11.4. The van der Waals surface area contributed by atoms with Gasteiger partial charge >= 0.3 is 6.03 Å². The van der Waals surface area contributed by atoms with Gasteiger partial charge in [-0.15, -0.1) is 0 Å². The van der Waals surface area contributed by atoms with Crippen LogP contribution in [0.15, 0.2) is 0 Å². The molecule has 0 radical (unpaired) electrons. The molecule has 0 aromatic heterocycles. The van der Waals surface area contributed by atoms with Crippen molar-refractivity contribution in [2.45, 2.75) is 47.1 Å². The molecular weight excluding hydrogens is 204 g/mol. The Balaban J connectivity index is 3.81. The molecule has 0 aromatic carbocycles. The highest BCUT2D eigenvalue weighted by atomic mass is 16.3. The Labute approximate surface area is 98.8 Å². The van der Waals surface area contributed by atoms with Gasteiger partial charge in [0.2, 0.25) is 0 Å². The van der Waals surface area contributed by atoms with Gasteiger partial charge in [0.15, 0.2) is 0 Å². The van der Waals surface area contributed by atoms with Crippen molar-refractivity contribution < 1.29 is 9.90 Å². The van der Waals surface area contributed by atoms with Crippen LogP contribution in [0.5, 0.6) is 0 Å². The first-order valence-corrected chi connectivity index (χ1v) is 5.93. The van der Waals surface area contributed by atoms with E-state index in [1.54, 1.807) is 6.92 Å². The molecule has 4 heteroatoms. The number of carbonyl (C=O) groups excluding carboxylic acids is 1. The third-order valence-electron chi connectivity index (χ3n) is 2.25. The standard InChI is InChI=1S/C12H26N2O2/c1-9(2)7-13-11(16)14-8-12(4,5)6-10(3)15/h9-10,15H,6-8H2,1-5H3,(H2,13,14,16). The summed E-state index contributed by atoms with van der Waals surface area (Å²) in [6.45, 7) is 11.2. The molecule has 0 heterocycles. The first kappa shape index (κ1) is 15.2. The van der Waals surface area contributed by atoms with E-state index >= 15 is 0 Å². The van der Waals surface area contributed by atoms with Crippen molar-refractivity contribution in [3.63, 3.8) is 0 Å². The molecular formula is C12H26N2O2. The van der Waals surface area contributed by atoms with E-state index in [2.05, 4.69) is 24.5 Å². The molecule has 0 saturated heterocycles. The second-order valence-electron chi connectivity index (χ2n) is 5.67. The van der Waals surface area contributed by atoms with Crippen LogP contribution in [0.1, 0.15) is 41.0 Å². The minimum Gasteiger partial charge on any atom is -0.393 e. The van der Waals surface area contributed by atoms with Crippen LogP contribution in [0.4, 0.5) is 4.79 Å². The van der Waals surface area contributed by atoms with E-state index in [1.807, 2.05) is 13.8 Å². The summed E-state index contributed by atoms with van der Waals surface area (Å²) in [5.41, 5.74) is -0.0800. The van der Waals surface area contributed by atoms with E-state index in [0.29, 0.717) is 25.4 Å². The number of aliphatic hydroxyl groups excluding tert-OH is 1. The Kier molecular flexibility index (Phi) is 6.41. The van der Waals surface area contributed by atoms with Crippen LogP contribution in [-0.2, 0) is 0 Å². The van der Waals surface area contributed by atoms with Crippen molar-refractivity contribution in [2.24, 2.45) is 11.3 Å². The van der Waals surface area contributed by atoms with Gasteiger partial charge in [-0.25, -0.2) is 4.79 Å². The summed E-state index contributed by atoms with van der Waals surface area (Å²) in [4.78, 5) is 11.4. The minimum atomic E-state index is -0.337. The predicted octanol–water partition coefficient (Wildman–Crippen LogP) is 1.74. The fourth-order valence-electron chi connectivity index (χ4n) is 1.55. The van der Waals surface area contributed by atoms with Gasteiger partial charge in [-0.1, -0.05) is 27.7 Å². The van der Waals surface area contributed by atoms with Crippen LogP contribution >= 0.6 is 0 Å². The second kappa shape index (κ2) is 6.74. The lowest BCUT2D eigenvalue weighted by atomic mass is 9.87. The first-order chi connectivity index (χ1) is 7.23. The van der Waals surface area contributed by atoms with Gasteiger partial charge in [-0.3, -0.25) is 0 Å². The van der Waals surface area contributed by atoms with Gasteiger partial charge < -0.3 is 15.7 Å². The third kappa shape index (κ3) is 8.53. The molecule has 1 unspecified atom stereocenters. The number of carbonyl (C=O) groups is 1. The lowest BCUT2D eigenvalue weighted by Gasteiger charge is -2.26. The third-order valence-corrected chi connectivity index (χ3v) is 2.25. The van der Waals surface area contributed by atoms with E-state index in [0.717, 1.165) is 0 Å². The number of rotatable bonds is 6. The summed E-state index contributed by atoms with van der Waals surface area (Å²) in [7, 11) is 0. The summed E-state index contributed by atoms with van der Waals surface area (Å²) >= 11 is 0. The maximum absolute atomic E-state index is 11.4. The van der Waals surface area contributed by atoms with E-state index in [-0.39, 0.29) is 17.6 Å². The van der Waals surface area contributed by atoms with Crippen molar-refractivity contribution in [3.05, 3.63) is 0 Å². The Morgan fingerprint density at radius 2 is 1.81 bits per heavy atom. The Morgan fingerprint density at radius 1 is 1.25 bits per heavy atom. The zero-order chi connectivity index (χ0) is 12.8. The fraction of sp³-hybridized carbons (Fsp3) is 0.917. The molecule has 2 amide bonds. The first-order valence-electron chi connectivity index (χ1n) is 5.93. The zero-order valence-corrected chi connectivity index (χ0v) is 11.1.